The average Bonchev–Trinajstić information content (AvgIpc) is 3.06. The SMILES string of the molecule is NC(=O)c1nnc(N[C@@H]2CCOC[C@@H]2N)nc1Nc1cc2ccccc2s1. The van der Waals surface area contributed by atoms with Gasteiger partial charge in [0.2, 0.25) is 5.95 Å². The van der Waals surface area contributed by atoms with Crippen molar-refractivity contribution in [2.24, 2.45) is 11.5 Å². The number of nitrogens with zero attached hydrogens (tertiary/aromatic N) is 3. The van der Waals surface area contributed by atoms with E-state index in [2.05, 4.69) is 25.8 Å². The minimum Gasteiger partial charge on any atom is -0.380 e. The number of aromatic nitrogens is 3. The lowest BCUT2D eigenvalue weighted by Crippen LogP contribution is -2.48. The van der Waals surface area contributed by atoms with Crippen molar-refractivity contribution >= 4 is 44.1 Å². The molecule has 27 heavy (non-hydrogen) atoms. The van der Waals surface area contributed by atoms with Gasteiger partial charge in [-0.05, 0) is 23.9 Å². The Morgan fingerprint density at radius 2 is 2.15 bits per heavy atom. The Bertz CT molecular complexity index is 944. The number of carbonyl (C=O) groups is 1. The number of nitrogens with one attached hydrogen (secondary N) is 2. The van der Waals surface area contributed by atoms with E-state index in [1.807, 2.05) is 30.3 Å². The molecule has 2 aromatic heterocycles. The molecule has 1 aromatic carbocycles. The number of primary amides is 1. The van der Waals surface area contributed by atoms with Crippen molar-refractivity contribution in [1.29, 1.82) is 0 Å². The predicted octanol–water partition coefficient (Wildman–Crippen LogP) is 1.46. The Morgan fingerprint density at radius 1 is 1.30 bits per heavy atom. The van der Waals surface area contributed by atoms with E-state index in [-0.39, 0.29) is 29.5 Å². The number of carbonyl (C=O) groups excluding carboxylic acids is 1. The molecule has 0 spiro atoms. The summed E-state index contributed by atoms with van der Waals surface area (Å²) in [5.74, 6) is -0.161. The van der Waals surface area contributed by atoms with Gasteiger partial charge in [-0.25, -0.2) is 0 Å². The van der Waals surface area contributed by atoms with E-state index in [1.165, 1.54) is 0 Å². The van der Waals surface area contributed by atoms with Crippen LogP contribution in [0.15, 0.2) is 30.3 Å². The molecule has 0 unspecified atom stereocenters. The van der Waals surface area contributed by atoms with Gasteiger partial charge in [0, 0.05) is 23.4 Å². The van der Waals surface area contributed by atoms with Crippen LogP contribution < -0.4 is 22.1 Å². The van der Waals surface area contributed by atoms with Crippen LogP contribution in [0, 0.1) is 0 Å². The van der Waals surface area contributed by atoms with Gasteiger partial charge in [-0.2, -0.15) is 4.98 Å². The standard InChI is InChI=1S/C17H19N7O2S/c18-10-8-26-6-5-11(10)20-17-22-16(14(15(19)25)23-24-17)21-13-7-9-3-1-2-4-12(9)27-13/h1-4,7,10-11H,5-6,8,18H2,(H2,19,25)(H2,20,21,22,24)/t10-,11+/m0/s1. The second kappa shape index (κ2) is 7.43. The number of amides is 1. The van der Waals surface area contributed by atoms with Crippen molar-refractivity contribution in [2.45, 2.75) is 18.5 Å². The minimum atomic E-state index is -0.701. The number of anilines is 3. The fourth-order valence-electron chi connectivity index (χ4n) is 2.91. The highest BCUT2D eigenvalue weighted by Gasteiger charge is 2.24. The van der Waals surface area contributed by atoms with Gasteiger partial charge in [-0.15, -0.1) is 21.5 Å². The summed E-state index contributed by atoms with van der Waals surface area (Å²) in [6.07, 6.45) is 0.737. The predicted molar refractivity (Wildman–Crippen MR) is 104 cm³/mol. The summed E-state index contributed by atoms with van der Waals surface area (Å²) in [4.78, 5) is 16.1. The number of hydrogen-bond donors (Lipinski definition) is 4. The number of hydrogen-bond acceptors (Lipinski definition) is 9. The molecule has 140 valence electrons. The third kappa shape index (κ3) is 3.82. The van der Waals surface area contributed by atoms with Crippen LogP contribution in [-0.4, -0.2) is 46.4 Å². The van der Waals surface area contributed by atoms with Crippen LogP contribution in [0.3, 0.4) is 0 Å². The summed E-state index contributed by atoms with van der Waals surface area (Å²) in [7, 11) is 0. The Balaban J connectivity index is 1.61. The number of fused-ring (bicyclic) bond motifs is 1. The Hall–Kier alpha value is -2.82. The molecule has 1 amide bonds. The molecule has 4 rings (SSSR count). The van der Waals surface area contributed by atoms with E-state index < -0.39 is 5.91 Å². The topological polar surface area (TPSA) is 141 Å². The fourth-order valence-corrected chi connectivity index (χ4v) is 3.87. The molecule has 9 nitrogen and oxygen atoms in total. The molecule has 1 aliphatic heterocycles. The van der Waals surface area contributed by atoms with Crippen molar-refractivity contribution < 1.29 is 9.53 Å². The van der Waals surface area contributed by atoms with E-state index in [1.54, 1.807) is 11.3 Å². The first-order chi connectivity index (χ1) is 13.1. The van der Waals surface area contributed by atoms with Crippen molar-refractivity contribution in [3.05, 3.63) is 36.0 Å². The van der Waals surface area contributed by atoms with Gasteiger partial charge < -0.3 is 26.8 Å². The summed E-state index contributed by atoms with van der Waals surface area (Å²) in [6.45, 7) is 1.09. The number of nitrogens with two attached hydrogens (primary N) is 2. The maximum Gasteiger partial charge on any atom is 0.273 e. The minimum absolute atomic E-state index is 0.0192. The molecule has 1 saturated heterocycles. The van der Waals surface area contributed by atoms with Gasteiger partial charge >= 0.3 is 0 Å². The normalized spacial score (nSPS) is 19.7. The zero-order valence-corrected chi connectivity index (χ0v) is 15.2. The number of thiophene rings is 1. The van der Waals surface area contributed by atoms with Crippen LogP contribution in [0.4, 0.5) is 16.8 Å². The molecular weight excluding hydrogens is 366 g/mol. The number of ether oxygens (including phenoxy) is 1. The molecule has 6 N–H and O–H groups in total. The van der Waals surface area contributed by atoms with Gasteiger partial charge in [0.1, 0.15) is 0 Å². The lowest BCUT2D eigenvalue weighted by molar-refractivity contribution is 0.0751. The van der Waals surface area contributed by atoms with Crippen LogP contribution in [-0.2, 0) is 4.74 Å². The molecule has 0 radical (unpaired) electrons. The summed E-state index contributed by atoms with van der Waals surface area (Å²) in [5.41, 5.74) is 11.5. The third-order valence-corrected chi connectivity index (χ3v) is 5.33. The summed E-state index contributed by atoms with van der Waals surface area (Å²) < 4.78 is 6.46. The zero-order chi connectivity index (χ0) is 18.8. The van der Waals surface area contributed by atoms with Crippen molar-refractivity contribution in [2.75, 3.05) is 23.8 Å². The second-order valence-corrected chi connectivity index (χ2v) is 7.33. The summed E-state index contributed by atoms with van der Waals surface area (Å²) in [5, 5.41) is 16.1. The zero-order valence-electron chi connectivity index (χ0n) is 14.4. The Kier molecular flexibility index (Phi) is 4.84. The van der Waals surface area contributed by atoms with E-state index in [0.29, 0.717) is 13.2 Å². The number of benzene rings is 1. The molecule has 0 saturated carbocycles. The quantitative estimate of drug-likeness (QED) is 0.517. The van der Waals surface area contributed by atoms with E-state index >= 15 is 0 Å². The van der Waals surface area contributed by atoms with E-state index in [0.717, 1.165) is 21.5 Å². The first-order valence-corrected chi connectivity index (χ1v) is 9.32. The largest absolute Gasteiger partial charge is 0.380 e. The van der Waals surface area contributed by atoms with Gasteiger partial charge in [-0.3, -0.25) is 4.79 Å². The smallest absolute Gasteiger partial charge is 0.273 e. The van der Waals surface area contributed by atoms with Crippen LogP contribution in [0.25, 0.3) is 10.1 Å². The molecule has 2 atom stereocenters. The van der Waals surface area contributed by atoms with Gasteiger partial charge in [0.05, 0.1) is 11.6 Å². The highest BCUT2D eigenvalue weighted by atomic mass is 32.1. The molecule has 0 bridgehead atoms. The molecular formula is C17H19N7O2S. The van der Waals surface area contributed by atoms with Gasteiger partial charge in [0.15, 0.2) is 11.5 Å². The van der Waals surface area contributed by atoms with Crippen LogP contribution in [0.1, 0.15) is 16.9 Å². The molecule has 0 aliphatic carbocycles. The van der Waals surface area contributed by atoms with Crippen LogP contribution in [0.2, 0.25) is 0 Å². The van der Waals surface area contributed by atoms with E-state index in [4.69, 9.17) is 16.2 Å². The lowest BCUT2D eigenvalue weighted by Gasteiger charge is -2.29. The molecule has 1 aliphatic rings. The van der Waals surface area contributed by atoms with Gasteiger partial charge in [0.25, 0.3) is 5.91 Å². The van der Waals surface area contributed by atoms with Crippen LogP contribution >= 0.6 is 11.3 Å². The maximum atomic E-state index is 11.7. The first kappa shape index (κ1) is 17.6. The van der Waals surface area contributed by atoms with Crippen molar-refractivity contribution in [1.82, 2.24) is 15.2 Å². The van der Waals surface area contributed by atoms with Crippen molar-refractivity contribution in [3.8, 4) is 0 Å². The maximum absolute atomic E-state index is 11.7. The molecule has 3 aromatic rings. The highest BCUT2D eigenvalue weighted by Crippen LogP contribution is 2.31. The van der Waals surface area contributed by atoms with Gasteiger partial charge in [-0.1, -0.05) is 18.2 Å². The summed E-state index contributed by atoms with van der Waals surface area (Å²) in [6, 6.07) is 9.77. The average molecular weight is 385 g/mol. The third-order valence-electron chi connectivity index (χ3n) is 4.30. The first-order valence-electron chi connectivity index (χ1n) is 8.50. The van der Waals surface area contributed by atoms with Crippen LogP contribution in [0.5, 0.6) is 0 Å². The molecule has 1 fully saturated rings. The highest BCUT2D eigenvalue weighted by molar-refractivity contribution is 7.22. The Labute approximate surface area is 159 Å². The lowest BCUT2D eigenvalue weighted by atomic mass is 10.1. The fraction of sp³-hybridized carbons (Fsp3) is 0.294. The molecule has 10 heteroatoms. The van der Waals surface area contributed by atoms with E-state index in [9.17, 15) is 4.79 Å². The Morgan fingerprint density at radius 3 is 2.93 bits per heavy atom. The monoisotopic (exact) mass is 385 g/mol. The second-order valence-electron chi connectivity index (χ2n) is 6.25. The number of rotatable bonds is 5. The summed E-state index contributed by atoms with van der Waals surface area (Å²) >= 11 is 1.55. The van der Waals surface area contributed by atoms with Crippen molar-refractivity contribution in [3.63, 3.8) is 0 Å². The molecule has 3 heterocycles.